The van der Waals surface area contributed by atoms with E-state index in [0.717, 1.165) is 11.1 Å². The number of aliphatic carboxylic acids is 1. The monoisotopic (exact) mass is 278 g/mol. The molecule has 1 heterocycles. The predicted octanol–water partition coefficient (Wildman–Crippen LogP) is 0.854. The molecule has 1 aliphatic heterocycles. The molecule has 0 radical (unpaired) electrons. The molecule has 108 valence electrons. The van der Waals surface area contributed by atoms with Crippen LogP contribution >= 0.6 is 0 Å². The average Bonchev–Trinajstić information content (AvgIpc) is 2.46. The second-order valence-electron chi connectivity index (χ2n) is 4.68. The first-order valence-corrected chi connectivity index (χ1v) is 6.46. The highest BCUT2D eigenvalue weighted by Crippen LogP contribution is 2.23. The molecule has 0 saturated heterocycles. The number of methoxy groups -OCH3 is 1. The zero-order valence-electron chi connectivity index (χ0n) is 11.3. The van der Waals surface area contributed by atoms with Crippen molar-refractivity contribution < 1.29 is 19.4 Å². The lowest BCUT2D eigenvalue weighted by Crippen LogP contribution is -2.52. The number of hydrogen-bond donors (Lipinski definition) is 2. The molecule has 2 amide bonds. The lowest BCUT2D eigenvalue weighted by molar-refractivity contribution is -0.142. The fraction of sp³-hybridized carbons (Fsp3) is 0.429. The van der Waals surface area contributed by atoms with Gasteiger partial charge >= 0.3 is 12.0 Å². The number of benzene rings is 1. The SMILES string of the molecule is COCCNC(=O)N1Cc2ccccc2C[C@H]1C(=O)O. The highest BCUT2D eigenvalue weighted by Gasteiger charge is 2.34. The number of carboxylic acid groups (broad SMARTS) is 1. The highest BCUT2D eigenvalue weighted by atomic mass is 16.5. The second-order valence-corrected chi connectivity index (χ2v) is 4.68. The van der Waals surface area contributed by atoms with Crippen molar-refractivity contribution in [2.45, 2.75) is 19.0 Å². The molecule has 0 aliphatic carbocycles. The van der Waals surface area contributed by atoms with Gasteiger partial charge in [-0.3, -0.25) is 0 Å². The molecule has 0 bridgehead atoms. The van der Waals surface area contributed by atoms with Crippen LogP contribution in [0.25, 0.3) is 0 Å². The lowest BCUT2D eigenvalue weighted by Gasteiger charge is -2.34. The van der Waals surface area contributed by atoms with Gasteiger partial charge in [0.25, 0.3) is 0 Å². The van der Waals surface area contributed by atoms with Gasteiger partial charge in [-0.05, 0) is 11.1 Å². The number of carboxylic acids is 1. The zero-order valence-corrected chi connectivity index (χ0v) is 11.3. The molecule has 6 nitrogen and oxygen atoms in total. The number of hydrogen-bond acceptors (Lipinski definition) is 3. The van der Waals surface area contributed by atoms with Crippen LogP contribution in [-0.2, 0) is 22.5 Å². The molecule has 1 aromatic rings. The minimum absolute atomic E-state index is 0.311. The topological polar surface area (TPSA) is 78.9 Å². The summed E-state index contributed by atoms with van der Waals surface area (Å²) in [5, 5.41) is 12.0. The van der Waals surface area contributed by atoms with Crippen molar-refractivity contribution >= 4 is 12.0 Å². The Kier molecular flexibility index (Phi) is 4.57. The Labute approximate surface area is 117 Å². The van der Waals surface area contributed by atoms with Gasteiger partial charge in [0.1, 0.15) is 6.04 Å². The van der Waals surface area contributed by atoms with E-state index in [1.807, 2.05) is 24.3 Å². The predicted molar refractivity (Wildman–Crippen MR) is 72.4 cm³/mol. The van der Waals surface area contributed by atoms with Crippen LogP contribution in [0.5, 0.6) is 0 Å². The van der Waals surface area contributed by atoms with Crippen molar-refractivity contribution in [3.8, 4) is 0 Å². The van der Waals surface area contributed by atoms with Crippen LogP contribution in [-0.4, -0.2) is 48.3 Å². The van der Waals surface area contributed by atoms with E-state index in [2.05, 4.69) is 5.32 Å². The Hall–Kier alpha value is -2.08. The van der Waals surface area contributed by atoms with E-state index >= 15 is 0 Å². The van der Waals surface area contributed by atoms with Gasteiger partial charge in [-0.1, -0.05) is 24.3 Å². The zero-order chi connectivity index (χ0) is 14.5. The van der Waals surface area contributed by atoms with Gasteiger partial charge in [-0.2, -0.15) is 0 Å². The van der Waals surface area contributed by atoms with Gasteiger partial charge < -0.3 is 20.1 Å². The lowest BCUT2D eigenvalue weighted by atomic mass is 9.94. The minimum Gasteiger partial charge on any atom is -0.480 e. The summed E-state index contributed by atoms with van der Waals surface area (Å²) in [7, 11) is 1.54. The summed E-state index contributed by atoms with van der Waals surface area (Å²) < 4.78 is 4.86. The van der Waals surface area contributed by atoms with E-state index in [0.29, 0.717) is 26.1 Å². The van der Waals surface area contributed by atoms with E-state index in [9.17, 15) is 14.7 Å². The Morgan fingerprint density at radius 2 is 2.10 bits per heavy atom. The van der Waals surface area contributed by atoms with Gasteiger partial charge in [0.15, 0.2) is 0 Å². The number of fused-ring (bicyclic) bond motifs is 1. The van der Waals surface area contributed by atoms with E-state index in [1.54, 1.807) is 7.11 Å². The highest BCUT2D eigenvalue weighted by molar-refractivity contribution is 5.83. The standard InChI is InChI=1S/C14H18N2O4/c1-20-7-6-15-14(19)16-9-11-5-3-2-4-10(11)8-12(16)13(17)18/h2-5,12H,6-9H2,1H3,(H,15,19)(H,17,18)/t12-/m0/s1. The molecular weight excluding hydrogens is 260 g/mol. The molecule has 1 atom stereocenters. The van der Waals surface area contributed by atoms with Gasteiger partial charge in [0, 0.05) is 26.6 Å². The Morgan fingerprint density at radius 3 is 2.75 bits per heavy atom. The van der Waals surface area contributed by atoms with Crippen LogP contribution in [0.4, 0.5) is 4.79 Å². The third-order valence-corrected chi connectivity index (χ3v) is 3.38. The number of ether oxygens (including phenoxy) is 1. The average molecular weight is 278 g/mol. The maximum Gasteiger partial charge on any atom is 0.326 e. The summed E-state index contributed by atoms with van der Waals surface area (Å²) in [6.45, 7) is 1.07. The fourth-order valence-electron chi connectivity index (χ4n) is 2.32. The first-order valence-electron chi connectivity index (χ1n) is 6.46. The van der Waals surface area contributed by atoms with E-state index in [4.69, 9.17) is 4.74 Å². The summed E-state index contributed by atoms with van der Waals surface area (Å²) in [5.74, 6) is -0.985. The molecule has 0 unspecified atom stereocenters. The van der Waals surface area contributed by atoms with Crippen LogP contribution in [0.15, 0.2) is 24.3 Å². The Morgan fingerprint density at radius 1 is 1.40 bits per heavy atom. The molecule has 0 saturated carbocycles. The number of carbonyl (C=O) groups excluding carboxylic acids is 1. The molecule has 0 aromatic heterocycles. The quantitative estimate of drug-likeness (QED) is 0.800. The Bertz CT molecular complexity index is 504. The molecule has 1 aromatic carbocycles. The smallest absolute Gasteiger partial charge is 0.326 e. The van der Waals surface area contributed by atoms with Crippen LogP contribution in [0, 0.1) is 0 Å². The van der Waals surface area contributed by atoms with Crippen molar-refractivity contribution in [2.24, 2.45) is 0 Å². The fourth-order valence-corrected chi connectivity index (χ4v) is 2.32. The third kappa shape index (κ3) is 3.08. The van der Waals surface area contributed by atoms with Crippen LogP contribution < -0.4 is 5.32 Å². The van der Waals surface area contributed by atoms with Crippen LogP contribution in [0.3, 0.4) is 0 Å². The summed E-state index contributed by atoms with van der Waals surface area (Å²) in [4.78, 5) is 24.8. The first-order chi connectivity index (χ1) is 9.63. The first kappa shape index (κ1) is 14.3. The largest absolute Gasteiger partial charge is 0.480 e. The maximum absolute atomic E-state index is 12.1. The summed E-state index contributed by atoms with van der Waals surface area (Å²) in [5.41, 5.74) is 1.98. The number of rotatable bonds is 4. The van der Waals surface area contributed by atoms with E-state index in [-0.39, 0.29) is 6.03 Å². The molecule has 0 fully saturated rings. The van der Waals surface area contributed by atoms with Gasteiger partial charge in [0.05, 0.1) is 6.61 Å². The Balaban J connectivity index is 2.13. The molecule has 0 spiro atoms. The number of carbonyl (C=O) groups is 2. The number of urea groups is 1. The van der Waals surface area contributed by atoms with Crippen molar-refractivity contribution in [1.82, 2.24) is 10.2 Å². The van der Waals surface area contributed by atoms with Crippen LogP contribution in [0.1, 0.15) is 11.1 Å². The molecule has 1 aliphatic rings. The van der Waals surface area contributed by atoms with Gasteiger partial charge in [-0.25, -0.2) is 9.59 Å². The molecular formula is C14H18N2O4. The van der Waals surface area contributed by atoms with Crippen molar-refractivity contribution in [1.29, 1.82) is 0 Å². The molecule has 6 heteroatoms. The van der Waals surface area contributed by atoms with Crippen LogP contribution in [0.2, 0.25) is 0 Å². The van der Waals surface area contributed by atoms with Gasteiger partial charge in [0.2, 0.25) is 0 Å². The maximum atomic E-state index is 12.1. The van der Waals surface area contributed by atoms with Crippen molar-refractivity contribution in [2.75, 3.05) is 20.3 Å². The van der Waals surface area contributed by atoms with Gasteiger partial charge in [-0.15, -0.1) is 0 Å². The minimum atomic E-state index is -0.985. The summed E-state index contributed by atoms with van der Waals surface area (Å²) in [6.07, 6.45) is 0.337. The number of nitrogens with one attached hydrogen (secondary N) is 1. The normalized spacial score (nSPS) is 17.4. The van der Waals surface area contributed by atoms with E-state index < -0.39 is 12.0 Å². The number of nitrogens with zero attached hydrogens (tertiary/aromatic N) is 1. The third-order valence-electron chi connectivity index (χ3n) is 3.38. The molecule has 2 N–H and O–H groups in total. The van der Waals surface area contributed by atoms with Crippen molar-refractivity contribution in [3.63, 3.8) is 0 Å². The second kappa shape index (κ2) is 6.38. The number of amides is 2. The molecule has 2 rings (SSSR count). The molecule has 20 heavy (non-hydrogen) atoms. The van der Waals surface area contributed by atoms with Crippen molar-refractivity contribution in [3.05, 3.63) is 35.4 Å². The summed E-state index contributed by atoms with van der Waals surface area (Å²) >= 11 is 0. The summed E-state index contributed by atoms with van der Waals surface area (Å²) in [6, 6.07) is 6.40. The van der Waals surface area contributed by atoms with E-state index in [1.165, 1.54) is 4.90 Å².